The number of amides is 3. The molecule has 8 heteroatoms. The molecule has 0 unspecified atom stereocenters. The third kappa shape index (κ3) is 3.19. The van der Waals surface area contributed by atoms with Crippen molar-refractivity contribution in [2.45, 2.75) is 19.5 Å². The quantitative estimate of drug-likeness (QED) is 0.729. The molecule has 138 valence electrons. The Morgan fingerprint density at radius 1 is 1.33 bits per heavy atom. The summed E-state index contributed by atoms with van der Waals surface area (Å²) in [6.07, 6.45) is 3.70. The number of carbonyl (C=O) groups excluding carboxylic acids is 2. The van der Waals surface area contributed by atoms with Gasteiger partial charge in [0.2, 0.25) is 0 Å². The average Bonchev–Trinajstić information content (AvgIpc) is 3.31. The molecule has 2 N–H and O–H groups in total. The Labute approximate surface area is 160 Å². The zero-order valence-corrected chi connectivity index (χ0v) is 15.8. The molecule has 3 aromatic rings. The van der Waals surface area contributed by atoms with Crippen LogP contribution in [0.3, 0.4) is 0 Å². The van der Waals surface area contributed by atoms with Gasteiger partial charge in [-0.25, -0.2) is 9.78 Å². The van der Waals surface area contributed by atoms with E-state index in [0.29, 0.717) is 17.8 Å². The van der Waals surface area contributed by atoms with Gasteiger partial charge in [0.1, 0.15) is 5.65 Å². The van der Waals surface area contributed by atoms with Gasteiger partial charge in [0.25, 0.3) is 5.91 Å². The molecular weight excluding hydrogens is 362 g/mol. The second kappa shape index (κ2) is 6.88. The molecule has 0 fully saturated rings. The molecule has 1 aliphatic heterocycles. The summed E-state index contributed by atoms with van der Waals surface area (Å²) in [7, 11) is 1.76. The zero-order chi connectivity index (χ0) is 19.0. The van der Waals surface area contributed by atoms with Crippen molar-refractivity contribution in [3.05, 3.63) is 69.9 Å². The zero-order valence-electron chi connectivity index (χ0n) is 15.0. The van der Waals surface area contributed by atoms with E-state index in [9.17, 15) is 9.59 Å². The van der Waals surface area contributed by atoms with Crippen LogP contribution in [0, 0.1) is 0 Å². The minimum Gasteiger partial charge on any atom is -0.336 e. The molecule has 3 aromatic heterocycles. The lowest BCUT2D eigenvalue weighted by Crippen LogP contribution is -2.47. The number of nitrogens with one attached hydrogen (secondary N) is 2. The van der Waals surface area contributed by atoms with Crippen molar-refractivity contribution in [1.29, 1.82) is 0 Å². The summed E-state index contributed by atoms with van der Waals surface area (Å²) in [5, 5.41) is 7.51. The highest BCUT2D eigenvalue weighted by Gasteiger charge is 2.33. The third-order valence-electron chi connectivity index (χ3n) is 4.57. The van der Waals surface area contributed by atoms with Gasteiger partial charge in [-0.05, 0) is 30.5 Å². The second-order valence-electron chi connectivity index (χ2n) is 6.43. The normalized spacial score (nSPS) is 17.0. The van der Waals surface area contributed by atoms with Crippen LogP contribution in [0.1, 0.15) is 23.5 Å². The van der Waals surface area contributed by atoms with Gasteiger partial charge in [0.05, 0.1) is 30.1 Å². The average molecular weight is 381 g/mol. The molecule has 27 heavy (non-hydrogen) atoms. The van der Waals surface area contributed by atoms with Gasteiger partial charge >= 0.3 is 6.03 Å². The lowest BCUT2D eigenvalue weighted by atomic mass is 10.00. The predicted octanol–water partition coefficient (Wildman–Crippen LogP) is 2.68. The molecule has 3 amide bonds. The van der Waals surface area contributed by atoms with Crippen LogP contribution in [0.15, 0.2) is 59.4 Å². The van der Waals surface area contributed by atoms with Gasteiger partial charge < -0.3 is 19.9 Å². The minimum atomic E-state index is -0.448. The van der Waals surface area contributed by atoms with Gasteiger partial charge in [-0.2, -0.15) is 0 Å². The first kappa shape index (κ1) is 17.3. The molecule has 1 atom stereocenters. The Hall–Kier alpha value is -3.13. The molecule has 0 spiro atoms. The first-order valence-corrected chi connectivity index (χ1v) is 9.40. The number of imidazole rings is 1. The van der Waals surface area contributed by atoms with Crippen LogP contribution in [0.4, 0.5) is 4.79 Å². The van der Waals surface area contributed by atoms with E-state index in [1.807, 2.05) is 46.3 Å². The van der Waals surface area contributed by atoms with Crippen molar-refractivity contribution in [3.63, 3.8) is 0 Å². The lowest BCUT2D eigenvalue weighted by Gasteiger charge is -2.30. The summed E-state index contributed by atoms with van der Waals surface area (Å²) in [5.41, 5.74) is 2.88. The maximum atomic E-state index is 13.2. The molecule has 0 radical (unpaired) electrons. The van der Waals surface area contributed by atoms with E-state index in [1.54, 1.807) is 25.1 Å². The predicted molar refractivity (Wildman–Crippen MR) is 103 cm³/mol. The fraction of sp³-hybridized carbons (Fsp3) is 0.211. The van der Waals surface area contributed by atoms with E-state index < -0.39 is 6.04 Å². The van der Waals surface area contributed by atoms with Crippen molar-refractivity contribution in [1.82, 2.24) is 24.9 Å². The molecule has 1 aliphatic rings. The number of likely N-dealkylation sites (N-methyl/N-ethyl adjacent to an activating group) is 1. The van der Waals surface area contributed by atoms with Crippen molar-refractivity contribution in [2.75, 3.05) is 7.05 Å². The standard InChI is InChI=1S/C19H19N5O2S/c1-12-16(17(22-19(26)21-12)14-6-5-9-27-14)18(25)23(2)11-13-10-20-15-7-3-4-8-24(13)15/h3-10,17H,11H2,1-2H3,(H2,21,22,26)/t17-/m1/s1. The van der Waals surface area contributed by atoms with E-state index in [2.05, 4.69) is 15.6 Å². The number of thiophene rings is 1. The highest BCUT2D eigenvalue weighted by atomic mass is 32.1. The minimum absolute atomic E-state index is 0.135. The van der Waals surface area contributed by atoms with Gasteiger partial charge in [-0.3, -0.25) is 4.79 Å². The summed E-state index contributed by atoms with van der Waals surface area (Å²) >= 11 is 1.51. The second-order valence-corrected chi connectivity index (χ2v) is 7.40. The summed E-state index contributed by atoms with van der Waals surface area (Å²) in [5.74, 6) is -0.135. The van der Waals surface area contributed by atoms with Crippen LogP contribution in [0.5, 0.6) is 0 Å². The molecule has 4 rings (SSSR count). The number of aromatic nitrogens is 2. The Balaban J connectivity index is 1.63. The molecule has 0 saturated heterocycles. The first-order chi connectivity index (χ1) is 13.0. The number of fused-ring (bicyclic) bond motifs is 1. The van der Waals surface area contributed by atoms with E-state index >= 15 is 0 Å². The SMILES string of the molecule is CC1=C(C(=O)N(C)Cc2cnc3ccccn23)[C@@H](c2cccs2)NC(=O)N1. The van der Waals surface area contributed by atoms with Crippen LogP contribution in [0.2, 0.25) is 0 Å². The number of pyridine rings is 1. The lowest BCUT2D eigenvalue weighted by molar-refractivity contribution is -0.126. The Morgan fingerprint density at radius 2 is 2.19 bits per heavy atom. The highest BCUT2D eigenvalue weighted by molar-refractivity contribution is 7.10. The van der Waals surface area contributed by atoms with Crippen molar-refractivity contribution >= 4 is 28.9 Å². The van der Waals surface area contributed by atoms with Gasteiger partial charge in [-0.1, -0.05) is 12.1 Å². The Kier molecular flexibility index (Phi) is 4.41. The Morgan fingerprint density at radius 3 is 2.96 bits per heavy atom. The van der Waals surface area contributed by atoms with Crippen LogP contribution in [-0.2, 0) is 11.3 Å². The number of urea groups is 1. The van der Waals surface area contributed by atoms with Crippen LogP contribution >= 0.6 is 11.3 Å². The number of rotatable bonds is 4. The summed E-state index contributed by atoms with van der Waals surface area (Å²) < 4.78 is 1.96. The first-order valence-electron chi connectivity index (χ1n) is 8.52. The fourth-order valence-electron chi connectivity index (χ4n) is 3.27. The van der Waals surface area contributed by atoms with Crippen molar-refractivity contribution < 1.29 is 9.59 Å². The molecule has 4 heterocycles. The number of hydrogen-bond acceptors (Lipinski definition) is 4. The van der Waals surface area contributed by atoms with Gasteiger partial charge in [0, 0.05) is 23.8 Å². The number of carbonyl (C=O) groups is 2. The van der Waals surface area contributed by atoms with E-state index in [4.69, 9.17) is 0 Å². The van der Waals surface area contributed by atoms with E-state index in [-0.39, 0.29) is 11.9 Å². The fourth-order valence-corrected chi connectivity index (χ4v) is 4.05. The summed E-state index contributed by atoms with van der Waals surface area (Å²) in [4.78, 5) is 32.1. The number of nitrogens with zero attached hydrogens (tertiary/aromatic N) is 3. The monoisotopic (exact) mass is 381 g/mol. The summed E-state index contributed by atoms with van der Waals surface area (Å²) in [6, 6.07) is 8.87. The number of allylic oxidation sites excluding steroid dienone is 1. The molecule has 0 aromatic carbocycles. The Bertz CT molecular complexity index is 1040. The molecule has 0 bridgehead atoms. The van der Waals surface area contributed by atoms with Gasteiger partial charge in [0.15, 0.2) is 0 Å². The largest absolute Gasteiger partial charge is 0.336 e. The van der Waals surface area contributed by atoms with Crippen molar-refractivity contribution in [2.24, 2.45) is 0 Å². The maximum absolute atomic E-state index is 13.2. The summed E-state index contributed by atoms with van der Waals surface area (Å²) in [6.45, 7) is 2.17. The number of hydrogen-bond donors (Lipinski definition) is 2. The molecule has 0 saturated carbocycles. The third-order valence-corrected chi connectivity index (χ3v) is 5.50. The molecular formula is C19H19N5O2S. The van der Waals surface area contributed by atoms with Crippen LogP contribution < -0.4 is 10.6 Å². The van der Waals surface area contributed by atoms with E-state index in [1.165, 1.54) is 11.3 Å². The van der Waals surface area contributed by atoms with Crippen LogP contribution in [0.25, 0.3) is 5.65 Å². The van der Waals surface area contributed by atoms with Gasteiger partial charge in [-0.15, -0.1) is 11.3 Å². The highest BCUT2D eigenvalue weighted by Crippen LogP contribution is 2.31. The smallest absolute Gasteiger partial charge is 0.319 e. The topological polar surface area (TPSA) is 78.7 Å². The van der Waals surface area contributed by atoms with Crippen LogP contribution in [-0.4, -0.2) is 33.3 Å². The molecule has 7 nitrogen and oxygen atoms in total. The molecule has 0 aliphatic carbocycles. The van der Waals surface area contributed by atoms with Crippen molar-refractivity contribution in [3.8, 4) is 0 Å². The maximum Gasteiger partial charge on any atom is 0.319 e. The van der Waals surface area contributed by atoms with E-state index in [0.717, 1.165) is 16.2 Å².